The molecule has 0 bridgehead atoms. The van der Waals surface area contributed by atoms with Crippen LogP contribution in [0.2, 0.25) is 0 Å². The molecule has 2 nitrogen and oxygen atoms in total. The van der Waals surface area contributed by atoms with Gasteiger partial charge in [0.05, 0.1) is 0 Å². The van der Waals surface area contributed by atoms with Crippen LogP contribution < -0.4 is 0 Å². The third-order valence-corrected chi connectivity index (χ3v) is 4.37. The highest BCUT2D eigenvalue weighted by Crippen LogP contribution is 2.25. The van der Waals surface area contributed by atoms with E-state index < -0.39 is 0 Å². The lowest BCUT2D eigenvalue weighted by atomic mass is 9.90. The largest absolute Gasteiger partial charge is 0.342 e. The minimum Gasteiger partial charge on any atom is -0.342 e. The van der Waals surface area contributed by atoms with Crippen LogP contribution in [-0.2, 0) is 4.79 Å². The molecule has 2 rings (SSSR count). The van der Waals surface area contributed by atoms with Crippen LogP contribution in [0.25, 0.3) is 0 Å². The first-order valence-corrected chi connectivity index (χ1v) is 7.67. The lowest BCUT2D eigenvalue weighted by Gasteiger charge is -2.27. The molecule has 0 unspecified atom stereocenters. The van der Waals surface area contributed by atoms with Gasteiger partial charge in [-0.15, -0.1) is 0 Å². The Morgan fingerprint density at radius 3 is 1.76 bits per heavy atom. The summed E-state index contributed by atoms with van der Waals surface area (Å²) in [4.78, 5) is 14.7. The van der Waals surface area contributed by atoms with Gasteiger partial charge in [-0.2, -0.15) is 0 Å². The molecule has 1 heterocycles. The Morgan fingerprint density at radius 1 is 0.706 bits per heavy atom. The molecule has 2 aliphatic rings. The van der Waals surface area contributed by atoms with E-state index in [0.29, 0.717) is 11.8 Å². The lowest BCUT2D eigenvalue weighted by Crippen LogP contribution is -2.37. The van der Waals surface area contributed by atoms with Crippen LogP contribution in [-0.4, -0.2) is 23.9 Å². The number of carbonyl (C=O) groups is 1. The first-order chi connectivity index (χ1) is 8.38. The van der Waals surface area contributed by atoms with E-state index in [4.69, 9.17) is 0 Å². The van der Waals surface area contributed by atoms with Crippen LogP contribution >= 0.6 is 0 Å². The zero-order chi connectivity index (χ0) is 11.9. The van der Waals surface area contributed by atoms with Crippen molar-refractivity contribution < 1.29 is 4.79 Å². The molecule has 0 aromatic heterocycles. The van der Waals surface area contributed by atoms with Crippen molar-refractivity contribution in [3.05, 3.63) is 0 Å². The van der Waals surface area contributed by atoms with Crippen molar-refractivity contribution in [2.45, 2.75) is 70.6 Å². The van der Waals surface area contributed by atoms with Gasteiger partial charge < -0.3 is 4.90 Å². The smallest absolute Gasteiger partial charge is 0.225 e. The molecule has 1 saturated carbocycles. The lowest BCUT2D eigenvalue weighted by molar-refractivity contribution is -0.136. The van der Waals surface area contributed by atoms with Gasteiger partial charge in [-0.1, -0.05) is 44.9 Å². The molecule has 0 radical (unpaired) electrons. The summed E-state index contributed by atoms with van der Waals surface area (Å²) in [5.41, 5.74) is 0. The zero-order valence-corrected chi connectivity index (χ0v) is 11.1. The van der Waals surface area contributed by atoms with Crippen molar-refractivity contribution in [1.82, 2.24) is 4.90 Å². The molecule has 0 aromatic rings. The maximum atomic E-state index is 12.5. The minimum absolute atomic E-state index is 0.355. The molecular formula is C15H27NO. The van der Waals surface area contributed by atoms with Crippen molar-refractivity contribution >= 4 is 5.91 Å². The molecule has 98 valence electrons. The van der Waals surface area contributed by atoms with Crippen molar-refractivity contribution in [2.75, 3.05) is 13.1 Å². The van der Waals surface area contributed by atoms with Crippen LogP contribution in [0.4, 0.5) is 0 Å². The molecule has 2 fully saturated rings. The summed E-state index contributed by atoms with van der Waals surface area (Å²) < 4.78 is 0. The van der Waals surface area contributed by atoms with E-state index in [1.807, 2.05) is 0 Å². The van der Waals surface area contributed by atoms with Gasteiger partial charge in [0.1, 0.15) is 0 Å². The fourth-order valence-corrected chi connectivity index (χ4v) is 3.25. The summed E-state index contributed by atoms with van der Waals surface area (Å²) in [6, 6.07) is 0. The average molecular weight is 237 g/mol. The summed E-state index contributed by atoms with van der Waals surface area (Å²) in [6.07, 6.45) is 14.0. The van der Waals surface area contributed by atoms with E-state index in [9.17, 15) is 4.79 Å². The van der Waals surface area contributed by atoms with E-state index >= 15 is 0 Å². The molecule has 17 heavy (non-hydrogen) atoms. The number of amides is 1. The average Bonchev–Trinajstić information content (AvgIpc) is 2.56. The Balaban J connectivity index is 1.86. The third kappa shape index (κ3) is 4.01. The van der Waals surface area contributed by atoms with Crippen LogP contribution in [0.1, 0.15) is 70.6 Å². The second-order valence-corrected chi connectivity index (χ2v) is 5.78. The Bertz CT molecular complexity index is 223. The molecule has 1 aliphatic heterocycles. The van der Waals surface area contributed by atoms with E-state index in [1.165, 1.54) is 57.8 Å². The highest BCUT2D eigenvalue weighted by Gasteiger charge is 2.24. The van der Waals surface area contributed by atoms with Crippen molar-refractivity contribution in [1.29, 1.82) is 0 Å². The Hall–Kier alpha value is -0.530. The van der Waals surface area contributed by atoms with Gasteiger partial charge in [0.2, 0.25) is 5.91 Å². The first-order valence-electron chi connectivity index (χ1n) is 7.67. The Labute approximate surface area is 106 Å². The molecule has 1 amide bonds. The van der Waals surface area contributed by atoms with Gasteiger partial charge in [0, 0.05) is 19.0 Å². The maximum Gasteiger partial charge on any atom is 0.225 e. The topological polar surface area (TPSA) is 20.3 Å². The van der Waals surface area contributed by atoms with Crippen LogP contribution in [0.15, 0.2) is 0 Å². The summed E-state index contributed by atoms with van der Waals surface area (Å²) in [6.45, 7) is 2.05. The molecular weight excluding hydrogens is 210 g/mol. The Kier molecular flexibility index (Phi) is 5.34. The summed E-state index contributed by atoms with van der Waals surface area (Å²) in [7, 11) is 0. The highest BCUT2D eigenvalue weighted by atomic mass is 16.2. The fraction of sp³-hybridized carbons (Fsp3) is 0.933. The SMILES string of the molecule is O=C(C1CCCCCCC1)N1CCCCCC1. The van der Waals surface area contributed by atoms with Gasteiger partial charge in [-0.25, -0.2) is 0 Å². The van der Waals surface area contributed by atoms with Gasteiger partial charge in [0.15, 0.2) is 0 Å². The zero-order valence-electron chi connectivity index (χ0n) is 11.1. The maximum absolute atomic E-state index is 12.5. The first kappa shape index (κ1) is 12.9. The Morgan fingerprint density at radius 2 is 1.18 bits per heavy atom. The van der Waals surface area contributed by atoms with Gasteiger partial charge in [0.25, 0.3) is 0 Å². The molecule has 0 aromatic carbocycles. The van der Waals surface area contributed by atoms with Gasteiger partial charge >= 0.3 is 0 Å². The quantitative estimate of drug-likeness (QED) is 0.680. The van der Waals surface area contributed by atoms with E-state index in [2.05, 4.69) is 4.90 Å². The second kappa shape index (κ2) is 7.03. The predicted molar refractivity (Wildman–Crippen MR) is 70.9 cm³/mol. The fourth-order valence-electron chi connectivity index (χ4n) is 3.25. The second-order valence-electron chi connectivity index (χ2n) is 5.78. The molecule has 0 spiro atoms. The normalized spacial score (nSPS) is 24.8. The van der Waals surface area contributed by atoms with E-state index in [-0.39, 0.29) is 0 Å². The monoisotopic (exact) mass is 237 g/mol. The third-order valence-electron chi connectivity index (χ3n) is 4.37. The molecule has 0 N–H and O–H groups in total. The highest BCUT2D eigenvalue weighted by molar-refractivity contribution is 5.78. The number of hydrogen-bond donors (Lipinski definition) is 0. The summed E-state index contributed by atoms with van der Waals surface area (Å²) in [5.74, 6) is 0.835. The minimum atomic E-state index is 0.355. The van der Waals surface area contributed by atoms with Crippen molar-refractivity contribution in [2.24, 2.45) is 5.92 Å². The van der Waals surface area contributed by atoms with Crippen LogP contribution in [0.3, 0.4) is 0 Å². The van der Waals surface area contributed by atoms with Crippen LogP contribution in [0, 0.1) is 5.92 Å². The van der Waals surface area contributed by atoms with E-state index in [0.717, 1.165) is 25.9 Å². The van der Waals surface area contributed by atoms with Crippen molar-refractivity contribution in [3.8, 4) is 0 Å². The van der Waals surface area contributed by atoms with Crippen LogP contribution in [0.5, 0.6) is 0 Å². The molecule has 0 atom stereocenters. The summed E-state index contributed by atoms with van der Waals surface area (Å²) in [5, 5.41) is 0. The van der Waals surface area contributed by atoms with Crippen molar-refractivity contribution in [3.63, 3.8) is 0 Å². The van der Waals surface area contributed by atoms with E-state index in [1.54, 1.807) is 0 Å². The predicted octanol–water partition coefficient (Wildman–Crippen LogP) is 3.75. The molecule has 2 heteroatoms. The summed E-state index contributed by atoms with van der Waals surface area (Å²) >= 11 is 0. The number of carbonyl (C=O) groups excluding carboxylic acids is 1. The number of rotatable bonds is 1. The number of likely N-dealkylation sites (tertiary alicyclic amines) is 1. The van der Waals surface area contributed by atoms with Gasteiger partial charge in [-0.3, -0.25) is 4.79 Å². The molecule has 1 saturated heterocycles. The van der Waals surface area contributed by atoms with Gasteiger partial charge in [-0.05, 0) is 25.7 Å². The molecule has 1 aliphatic carbocycles. The number of hydrogen-bond acceptors (Lipinski definition) is 1. The standard InChI is InChI=1S/C15H27NO/c17-15(16-12-8-4-5-9-13-16)14-10-6-2-1-3-7-11-14/h14H,1-13H2. The number of nitrogens with zero attached hydrogens (tertiary/aromatic N) is 1.